The Kier molecular flexibility index (Phi) is 12.2. The van der Waals surface area contributed by atoms with Crippen LogP contribution in [0.25, 0.3) is 0 Å². The van der Waals surface area contributed by atoms with Gasteiger partial charge in [0.05, 0.1) is 17.1 Å². The molecular formula is C26H36N2O5S. The molecule has 0 saturated heterocycles. The number of benzene rings is 2. The van der Waals surface area contributed by atoms with Crippen molar-refractivity contribution in [3.05, 3.63) is 60.2 Å². The quantitative estimate of drug-likeness (QED) is 0.227. The Morgan fingerprint density at radius 1 is 0.794 bits per heavy atom. The van der Waals surface area contributed by atoms with Crippen LogP contribution in [0.2, 0.25) is 0 Å². The number of rotatable bonds is 15. The number of sulfonamides is 1. The summed E-state index contributed by atoms with van der Waals surface area (Å²) >= 11 is 0. The summed E-state index contributed by atoms with van der Waals surface area (Å²) in [4.78, 5) is 24.4. The first kappa shape index (κ1) is 27.4. The van der Waals surface area contributed by atoms with Crippen LogP contribution in [-0.4, -0.2) is 27.0 Å². The van der Waals surface area contributed by atoms with E-state index in [1.807, 2.05) is 4.72 Å². The lowest BCUT2D eigenvalue weighted by Crippen LogP contribution is -2.34. The fourth-order valence-corrected chi connectivity index (χ4v) is 4.43. The molecule has 2 N–H and O–H groups in total. The fraction of sp³-hybridized carbons (Fsp3) is 0.462. The zero-order chi connectivity index (χ0) is 24.7. The third kappa shape index (κ3) is 10.4. The predicted molar refractivity (Wildman–Crippen MR) is 134 cm³/mol. The van der Waals surface area contributed by atoms with Crippen LogP contribution in [-0.2, 0) is 14.8 Å². The molecule has 0 fully saturated rings. The molecule has 7 nitrogen and oxygen atoms in total. The molecule has 8 heteroatoms. The number of hydrogen-bond acceptors (Lipinski definition) is 5. The monoisotopic (exact) mass is 488 g/mol. The highest BCUT2D eigenvalue weighted by atomic mass is 32.2. The Bertz CT molecular complexity index is 993. The Balaban J connectivity index is 1.69. The van der Waals surface area contributed by atoms with Gasteiger partial charge in [-0.15, -0.1) is 0 Å². The first-order chi connectivity index (χ1) is 16.4. The van der Waals surface area contributed by atoms with Gasteiger partial charge in [-0.1, -0.05) is 89.0 Å². The van der Waals surface area contributed by atoms with E-state index < -0.39 is 22.0 Å². The van der Waals surface area contributed by atoms with Crippen molar-refractivity contribution in [3.63, 3.8) is 0 Å². The van der Waals surface area contributed by atoms with E-state index in [1.54, 1.807) is 36.4 Å². The van der Waals surface area contributed by atoms with Gasteiger partial charge in [0.25, 0.3) is 10.0 Å². The van der Waals surface area contributed by atoms with Crippen molar-refractivity contribution in [1.29, 1.82) is 0 Å². The molecule has 0 aliphatic carbocycles. The van der Waals surface area contributed by atoms with Crippen molar-refractivity contribution in [2.75, 3.05) is 11.9 Å². The molecule has 0 atom stereocenters. The summed E-state index contributed by atoms with van der Waals surface area (Å²) < 4.78 is 31.8. The van der Waals surface area contributed by atoms with Gasteiger partial charge in [-0.05, 0) is 36.8 Å². The topological polar surface area (TPSA) is 102 Å². The lowest BCUT2D eigenvalue weighted by atomic mass is 10.1. The summed E-state index contributed by atoms with van der Waals surface area (Å²) in [6.45, 7) is 2.57. The summed E-state index contributed by atoms with van der Waals surface area (Å²) in [6.07, 6.45) is 12.0. The number of amides is 2. The number of anilines is 1. The number of carbonyl (C=O) groups is 2. The number of carbonyl (C=O) groups excluding carboxylic acids is 2. The summed E-state index contributed by atoms with van der Waals surface area (Å²) in [6, 6.07) is 12.9. The maximum absolute atomic E-state index is 12.3. The van der Waals surface area contributed by atoms with Crippen LogP contribution in [0.15, 0.2) is 59.5 Å². The first-order valence-electron chi connectivity index (χ1n) is 12.1. The van der Waals surface area contributed by atoms with Crippen LogP contribution in [0.4, 0.5) is 10.5 Å². The maximum atomic E-state index is 12.3. The number of hydrogen-bond donors (Lipinski definition) is 2. The van der Waals surface area contributed by atoms with Crippen molar-refractivity contribution in [3.8, 4) is 0 Å². The van der Waals surface area contributed by atoms with E-state index in [4.69, 9.17) is 4.74 Å². The highest BCUT2D eigenvalue weighted by Gasteiger charge is 2.17. The summed E-state index contributed by atoms with van der Waals surface area (Å²) in [7, 11) is -3.99. The average Bonchev–Trinajstić information content (AvgIpc) is 2.82. The number of urea groups is 1. The van der Waals surface area contributed by atoms with Gasteiger partial charge in [-0.2, -0.15) is 0 Å². The van der Waals surface area contributed by atoms with Crippen molar-refractivity contribution in [2.45, 2.75) is 76.0 Å². The van der Waals surface area contributed by atoms with Gasteiger partial charge in [-0.25, -0.2) is 22.7 Å². The zero-order valence-corrected chi connectivity index (χ0v) is 20.7. The Hall–Kier alpha value is -2.87. The van der Waals surface area contributed by atoms with Crippen molar-refractivity contribution in [2.24, 2.45) is 0 Å². The summed E-state index contributed by atoms with van der Waals surface area (Å²) in [5.41, 5.74) is 0.574. The zero-order valence-electron chi connectivity index (χ0n) is 19.9. The first-order valence-corrected chi connectivity index (χ1v) is 13.6. The molecule has 0 aromatic heterocycles. The Morgan fingerprint density at radius 2 is 1.41 bits per heavy atom. The van der Waals surface area contributed by atoms with Crippen LogP contribution in [0.5, 0.6) is 0 Å². The fourth-order valence-electron chi connectivity index (χ4n) is 3.50. The van der Waals surface area contributed by atoms with Gasteiger partial charge in [-0.3, -0.25) is 0 Å². The van der Waals surface area contributed by atoms with E-state index in [1.165, 1.54) is 63.1 Å². The second-order valence-corrected chi connectivity index (χ2v) is 9.95. The van der Waals surface area contributed by atoms with Crippen LogP contribution < -0.4 is 10.0 Å². The molecule has 0 unspecified atom stereocenters. The molecule has 186 valence electrons. The third-order valence-corrected chi connectivity index (χ3v) is 6.71. The second kappa shape index (κ2) is 15.1. The predicted octanol–water partition coefficient (Wildman–Crippen LogP) is 6.27. The highest BCUT2D eigenvalue weighted by molar-refractivity contribution is 7.90. The van der Waals surface area contributed by atoms with Gasteiger partial charge < -0.3 is 10.1 Å². The smallest absolute Gasteiger partial charge is 0.338 e. The highest BCUT2D eigenvalue weighted by Crippen LogP contribution is 2.14. The Morgan fingerprint density at radius 3 is 2.06 bits per heavy atom. The molecule has 2 rings (SSSR count). The minimum Gasteiger partial charge on any atom is -0.462 e. The maximum Gasteiger partial charge on any atom is 0.338 e. The van der Waals surface area contributed by atoms with E-state index in [9.17, 15) is 18.0 Å². The summed E-state index contributed by atoms with van der Waals surface area (Å²) in [5, 5.41) is 2.44. The molecule has 2 aromatic carbocycles. The van der Waals surface area contributed by atoms with Crippen LogP contribution in [0.3, 0.4) is 0 Å². The number of nitrogens with one attached hydrogen (secondary N) is 2. The molecule has 0 bridgehead atoms. The van der Waals surface area contributed by atoms with Crippen molar-refractivity contribution in [1.82, 2.24) is 4.72 Å². The second-order valence-electron chi connectivity index (χ2n) is 8.27. The Labute approximate surface area is 203 Å². The van der Waals surface area contributed by atoms with Crippen LogP contribution in [0.1, 0.15) is 81.5 Å². The normalized spacial score (nSPS) is 11.1. The molecule has 0 heterocycles. The van der Waals surface area contributed by atoms with Gasteiger partial charge in [0, 0.05) is 5.69 Å². The SMILES string of the molecule is CCCCCCCCCCCCOC(=O)c1cccc(NC(=O)NS(=O)(=O)c2ccccc2)c1. The van der Waals surface area contributed by atoms with E-state index in [0.29, 0.717) is 6.61 Å². The van der Waals surface area contributed by atoms with Crippen LogP contribution >= 0.6 is 0 Å². The van der Waals surface area contributed by atoms with Gasteiger partial charge in [0.15, 0.2) is 0 Å². The third-order valence-electron chi connectivity index (χ3n) is 5.37. The van der Waals surface area contributed by atoms with E-state index in [2.05, 4.69) is 12.2 Å². The van der Waals surface area contributed by atoms with E-state index in [0.717, 1.165) is 19.3 Å². The van der Waals surface area contributed by atoms with Gasteiger partial charge in [0.1, 0.15) is 0 Å². The standard InChI is InChI=1S/C26H36N2O5S/c1-2-3-4-5-6-7-8-9-10-14-20-33-25(29)22-16-15-17-23(21-22)27-26(30)28-34(31,32)24-18-12-11-13-19-24/h11-13,15-19,21H,2-10,14,20H2,1H3,(H2,27,28,30). The van der Waals surface area contributed by atoms with Gasteiger partial charge in [0.2, 0.25) is 0 Å². The molecule has 0 aliphatic heterocycles. The molecule has 2 aromatic rings. The lowest BCUT2D eigenvalue weighted by Gasteiger charge is -2.10. The van der Waals surface area contributed by atoms with E-state index >= 15 is 0 Å². The van der Waals surface area contributed by atoms with Gasteiger partial charge >= 0.3 is 12.0 Å². The van der Waals surface area contributed by atoms with E-state index in [-0.39, 0.29) is 16.1 Å². The average molecular weight is 489 g/mol. The minimum atomic E-state index is -3.99. The molecule has 0 spiro atoms. The molecular weight excluding hydrogens is 452 g/mol. The number of unbranched alkanes of at least 4 members (excludes halogenated alkanes) is 9. The number of esters is 1. The molecule has 2 amide bonds. The molecule has 0 saturated carbocycles. The largest absolute Gasteiger partial charge is 0.462 e. The molecule has 34 heavy (non-hydrogen) atoms. The number of ether oxygens (including phenoxy) is 1. The van der Waals surface area contributed by atoms with Crippen molar-refractivity contribution < 1.29 is 22.7 Å². The summed E-state index contributed by atoms with van der Waals surface area (Å²) in [5.74, 6) is -0.475. The van der Waals surface area contributed by atoms with Crippen LogP contribution in [0, 0.1) is 0 Å². The molecule has 0 aliphatic rings. The molecule has 0 radical (unpaired) electrons. The lowest BCUT2D eigenvalue weighted by molar-refractivity contribution is 0.0497. The minimum absolute atomic E-state index is 0.0190. The van der Waals surface area contributed by atoms with Crippen molar-refractivity contribution >= 4 is 27.7 Å².